The minimum Gasteiger partial charge on any atom is -0.304 e. The van der Waals surface area contributed by atoms with Gasteiger partial charge in [-0.25, -0.2) is 0 Å². The molecule has 0 aliphatic rings. The van der Waals surface area contributed by atoms with Gasteiger partial charge in [0.25, 0.3) is 0 Å². The first-order valence-electron chi connectivity index (χ1n) is 9.11. The molecule has 3 nitrogen and oxygen atoms in total. The molecule has 0 amide bonds. The lowest BCUT2D eigenvalue weighted by atomic mass is 10.1. The first-order chi connectivity index (χ1) is 13.7. The quantitative estimate of drug-likeness (QED) is 0.202. The van der Waals surface area contributed by atoms with Gasteiger partial charge in [0, 0.05) is 20.3 Å². The van der Waals surface area contributed by atoms with Gasteiger partial charge in [-0.15, -0.1) is 0 Å². The van der Waals surface area contributed by atoms with Crippen molar-refractivity contribution in [1.82, 2.24) is 0 Å². The van der Waals surface area contributed by atoms with Crippen molar-refractivity contribution in [3.05, 3.63) is 68.1 Å². The Bertz CT molecular complexity index is 840. The smallest absolute Gasteiger partial charge is 0.304 e. The normalized spacial score (nSPS) is 12.3. The lowest BCUT2D eigenvalue weighted by Crippen LogP contribution is -2.19. The monoisotopic (exact) mass is 570 g/mol. The number of hydrogen-bond donors (Lipinski definition) is 0. The molecule has 2 aromatic carbocycles. The van der Waals surface area contributed by atoms with Crippen molar-refractivity contribution in [3.8, 4) is 0 Å². The van der Waals surface area contributed by atoms with Crippen molar-refractivity contribution in [2.24, 2.45) is 0 Å². The molecule has 0 aromatic heterocycles. The maximum absolute atomic E-state index is 14.9. The Morgan fingerprint density at radius 2 is 1.59 bits per heavy atom. The van der Waals surface area contributed by atoms with Gasteiger partial charge in [0.15, 0.2) is 0 Å². The molecule has 0 radical (unpaired) electrons. The molecule has 0 aliphatic carbocycles. The Labute approximate surface area is 191 Å². The highest BCUT2D eigenvalue weighted by atomic mass is 79.9. The van der Waals surface area contributed by atoms with E-state index in [9.17, 15) is 13.3 Å². The highest BCUT2D eigenvalue weighted by Gasteiger charge is 2.55. The Balaban J connectivity index is 2.03. The van der Waals surface area contributed by atoms with Crippen LogP contribution in [0.25, 0.3) is 0 Å². The minimum absolute atomic E-state index is 0.127. The van der Waals surface area contributed by atoms with E-state index in [-0.39, 0.29) is 17.7 Å². The maximum atomic E-state index is 14.9. The lowest BCUT2D eigenvalue weighted by Gasteiger charge is -2.26. The average molecular weight is 572 g/mol. The molecule has 0 heterocycles. The molecular weight excluding hydrogens is 549 g/mol. The van der Waals surface area contributed by atoms with Crippen molar-refractivity contribution in [1.29, 1.82) is 0 Å². The second-order valence-corrected chi connectivity index (χ2v) is 11.1. The van der Waals surface area contributed by atoms with Crippen LogP contribution in [0.3, 0.4) is 0 Å². The lowest BCUT2D eigenvalue weighted by molar-refractivity contribution is 0.0354. The Hall–Kier alpha value is -0.240. The molecule has 2 aromatic rings. The van der Waals surface area contributed by atoms with E-state index < -0.39 is 18.8 Å². The standard InChI is InChI=1S/C20H23Br2F2O3PS/c1-3-26-28(25,27-4-2)20(23,24)18-10-7-15(13-19(18)22)11-12-29-14-16-5-8-17(21)9-6-16/h5-10,13H,3-4,11-12,14H2,1-2H3. The van der Waals surface area contributed by atoms with E-state index in [4.69, 9.17) is 9.05 Å². The summed E-state index contributed by atoms with van der Waals surface area (Å²) in [7, 11) is -4.62. The van der Waals surface area contributed by atoms with E-state index in [2.05, 4.69) is 44.0 Å². The predicted octanol–water partition coefficient (Wildman–Crippen LogP) is 8.00. The van der Waals surface area contributed by atoms with Gasteiger partial charge in [-0.05, 0) is 55.3 Å². The van der Waals surface area contributed by atoms with E-state index in [1.807, 2.05) is 12.1 Å². The molecule has 0 spiro atoms. The minimum atomic E-state index is -4.62. The summed E-state index contributed by atoms with van der Waals surface area (Å²) in [6.07, 6.45) is 0.736. The van der Waals surface area contributed by atoms with Crippen molar-refractivity contribution in [2.75, 3.05) is 19.0 Å². The van der Waals surface area contributed by atoms with Gasteiger partial charge in [-0.1, -0.05) is 56.1 Å². The summed E-state index contributed by atoms with van der Waals surface area (Å²) in [6, 6.07) is 12.7. The third-order valence-corrected chi connectivity index (χ3v) is 8.36. The molecule has 160 valence electrons. The van der Waals surface area contributed by atoms with Crippen LogP contribution in [0, 0.1) is 0 Å². The first kappa shape index (κ1) is 25.0. The second-order valence-electron chi connectivity index (χ2n) is 6.12. The van der Waals surface area contributed by atoms with Crippen LogP contribution in [0.2, 0.25) is 0 Å². The fourth-order valence-corrected chi connectivity index (χ4v) is 6.22. The second kappa shape index (κ2) is 11.4. The summed E-state index contributed by atoms with van der Waals surface area (Å²) in [5, 5.41) is 0. The molecule has 0 fully saturated rings. The van der Waals surface area contributed by atoms with Crippen molar-refractivity contribution >= 4 is 51.2 Å². The largest absolute Gasteiger partial charge is 0.404 e. The van der Waals surface area contributed by atoms with Gasteiger partial charge in [-0.2, -0.15) is 20.5 Å². The van der Waals surface area contributed by atoms with Gasteiger partial charge >= 0.3 is 13.3 Å². The third-order valence-electron chi connectivity index (χ3n) is 4.02. The Kier molecular flexibility index (Phi) is 9.84. The zero-order valence-electron chi connectivity index (χ0n) is 16.2. The van der Waals surface area contributed by atoms with E-state index in [0.29, 0.717) is 0 Å². The fourth-order valence-electron chi connectivity index (χ4n) is 2.61. The molecule has 0 unspecified atom stereocenters. The number of aryl methyl sites for hydroxylation is 1. The predicted molar refractivity (Wildman–Crippen MR) is 123 cm³/mol. The molecule has 9 heteroatoms. The SMILES string of the molecule is CCOP(=O)(OCC)C(F)(F)c1ccc(CCSCc2ccc(Br)cc2)cc1Br. The van der Waals surface area contributed by atoms with E-state index in [0.717, 1.165) is 28.0 Å². The molecule has 0 aliphatic heterocycles. The molecule has 29 heavy (non-hydrogen) atoms. The number of hydrogen-bond acceptors (Lipinski definition) is 4. The number of thioether (sulfide) groups is 1. The van der Waals surface area contributed by atoms with E-state index >= 15 is 0 Å². The van der Waals surface area contributed by atoms with Crippen LogP contribution in [0.15, 0.2) is 51.4 Å². The van der Waals surface area contributed by atoms with Gasteiger partial charge in [0.1, 0.15) is 0 Å². The molecule has 0 N–H and O–H groups in total. The van der Waals surface area contributed by atoms with Gasteiger partial charge in [0.2, 0.25) is 0 Å². The number of alkyl halides is 2. The fraction of sp³-hybridized carbons (Fsp3) is 0.400. The summed E-state index contributed by atoms with van der Waals surface area (Å²) < 4.78 is 53.5. The highest BCUT2D eigenvalue weighted by Crippen LogP contribution is 2.67. The number of rotatable bonds is 11. The molecule has 2 rings (SSSR count). The Morgan fingerprint density at radius 3 is 2.14 bits per heavy atom. The van der Waals surface area contributed by atoms with Crippen LogP contribution in [0.5, 0.6) is 0 Å². The summed E-state index contributed by atoms with van der Waals surface area (Å²) in [6.45, 7) is 2.76. The first-order valence-corrected chi connectivity index (χ1v) is 13.4. The van der Waals surface area contributed by atoms with Crippen LogP contribution in [0.1, 0.15) is 30.5 Å². The Morgan fingerprint density at radius 1 is 1.00 bits per heavy atom. The van der Waals surface area contributed by atoms with Crippen LogP contribution in [-0.2, 0) is 31.4 Å². The zero-order chi connectivity index (χ0) is 21.5. The van der Waals surface area contributed by atoms with Crippen molar-refractivity contribution in [2.45, 2.75) is 31.7 Å². The molecule has 0 saturated heterocycles. The van der Waals surface area contributed by atoms with Crippen molar-refractivity contribution < 1.29 is 22.4 Å². The van der Waals surface area contributed by atoms with Crippen molar-refractivity contribution in [3.63, 3.8) is 0 Å². The van der Waals surface area contributed by atoms with Crippen LogP contribution < -0.4 is 0 Å². The van der Waals surface area contributed by atoms with E-state index in [1.165, 1.54) is 25.5 Å². The van der Waals surface area contributed by atoms with E-state index in [1.54, 1.807) is 23.9 Å². The summed E-state index contributed by atoms with van der Waals surface area (Å²) in [5.74, 6) is 1.74. The molecule has 0 bridgehead atoms. The summed E-state index contributed by atoms with van der Waals surface area (Å²) in [4.78, 5) is 0. The summed E-state index contributed by atoms with van der Waals surface area (Å²) in [5.41, 5.74) is -1.99. The molecule has 0 atom stereocenters. The topological polar surface area (TPSA) is 35.5 Å². The summed E-state index contributed by atoms with van der Waals surface area (Å²) >= 11 is 8.40. The maximum Gasteiger partial charge on any atom is 0.404 e. The van der Waals surface area contributed by atoms with Gasteiger partial charge in [0.05, 0.1) is 13.2 Å². The average Bonchev–Trinajstić information content (AvgIpc) is 2.67. The van der Waals surface area contributed by atoms with Crippen LogP contribution in [-0.4, -0.2) is 19.0 Å². The molecule has 0 saturated carbocycles. The highest BCUT2D eigenvalue weighted by molar-refractivity contribution is 9.10. The number of halogens is 4. The van der Waals surface area contributed by atoms with Gasteiger partial charge in [-0.3, -0.25) is 4.57 Å². The third kappa shape index (κ3) is 6.62. The number of benzene rings is 2. The molecular formula is C20H23Br2F2O3PS. The van der Waals surface area contributed by atoms with Crippen LogP contribution in [0.4, 0.5) is 8.78 Å². The van der Waals surface area contributed by atoms with Gasteiger partial charge < -0.3 is 9.05 Å². The zero-order valence-corrected chi connectivity index (χ0v) is 21.1. The van der Waals surface area contributed by atoms with Crippen LogP contribution >= 0.6 is 51.2 Å².